The third kappa shape index (κ3) is 2.49. The minimum absolute atomic E-state index is 0. The lowest BCUT2D eigenvalue weighted by Crippen LogP contribution is -2.42. The topological polar surface area (TPSA) is 44.0 Å². The maximum atomic E-state index is 5.41. The van der Waals surface area contributed by atoms with Crippen molar-refractivity contribution in [2.24, 2.45) is 0 Å². The Morgan fingerprint density at radius 1 is 1.53 bits per heavy atom. The van der Waals surface area contributed by atoms with Crippen LogP contribution < -0.4 is 0 Å². The fraction of sp³-hybridized carbons (Fsp3) is 1.00. The van der Waals surface area contributed by atoms with E-state index in [4.69, 9.17) is 4.74 Å². The first kappa shape index (κ1) is 13.3. The lowest BCUT2D eigenvalue weighted by atomic mass is 9.95. The summed E-state index contributed by atoms with van der Waals surface area (Å²) in [4.78, 5) is 2.67. The van der Waals surface area contributed by atoms with Gasteiger partial charge < -0.3 is 10.2 Å². The zero-order valence-electron chi connectivity index (χ0n) is 9.79. The van der Waals surface area contributed by atoms with Crippen LogP contribution in [-0.4, -0.2) is 53.7 Å². The van der Waals surface area contributed by atoms with Crippen molar-refractivity contribution >= 4 is 11.8 Å². The first-order valence-corrected chi connectivity index (χ1v) is 6.71. The van der Waals surface area contributed by atoms with Crippen LogP contribution in [0.5, 0.6) is 0 Å². The molecule has 0 unspecified atom stereocenters. The molecule has 2 heterocycles. The van der Waals surface area contributed by atoms with E-state index in [-0.39, 0.29) is 5.48 Å². The van der Waals surface area contributed by atoms with Crippen molar-refractivity contribution in [1.82, 2.24) is 4.90 Å². The molecule has 2 saturated heterocycles. The second kappa shape index (κ2) is 5.53. The maximum absolute atomic E-state index is 5.41. The highest BCUT2D eigenvalue weighted by atomic mass is 32.2. The summed E-state index contributed by atoms with van der Waals surface area (Å²) in [5.41, 5.74) is 0.418. The average molecular weight is 233 g/mol. The highest BCUT2D eigenvalue weighted by Gasteiger charge is 2.48. The van der Waals surface area contributed by atoms with Gasteiger partial charge in [-0.25, -0.2) is 0 Å². The zero-order chi connectivity index (χ0) is 10.0. The van der Waals surface area contributed by atoms with Crippen molar-refractivity contribution in [3.63, 3.8) is 0 Å². The fourth-order valence-corrected chi connectivity index (χ4v) is 4.27. The third-order valence-electron chi connectivity index (χ3n) is 3.59. The Kier molecular flexibility index (Phi) is 4.90. The summed E-state index contributed by atoms with van der Waals surface area (Å²) in [6.45, 7) is 5.79. The van der Waals surface area contributed by atoms with Crippen LogP contribution in [0.4, 0.5) is 0 Å². The number of nitrogens with zero attached hydrogens (tertiary/aromatic N) is 1. The van der Waals surface area contributed by atoms with Crippen molar-refractivity contribution in [1.29, 1.82) is 0 Å². The van der Waals surface area contributed by atoms with Crippen molar-refractivity contribution < 1.29 is 10.2 Å². The standard InChI is InChI=1S/C11H21NOS.H2O/c1-3-14-10-7-11(9-13-2)5-4-6-12(11)8-10;/h10H,3-9H2,1-2H3;1H2/t10-,11-;/m0./s1. The molecule has 2 aliphatic heterocycles. The molecule has 0 aromatic carbocycles. The minimum atomic E-state index is 0. The van der Waals surface area contributed by atoms with Gasteiger partial charge in [-0.15, -0.1) is 0 Å². The van der Waals surface area contributed by atoms with Crippen LogP contribution in [0, 0.1) is 0 Å². The van der Waals surface area contributed by atoms with E-state index in [2.05, 4.69) is 23.6 Å². The van der Waals surface area contributed by atoms with Gasteiger partial charge in [0.2, 0.25) is 0 Å². The smallest absolute Gasteiger partial charge is 0.0647 e. The molecule has 0 aromatic rings. The van der Waals surface area contributed by atoms with E-state index in [1.165, 1.54) is 38.1 Å². The largest absolute Gasteiger partial charge is 0.412 e. The van der Waals surface area contributed by atoms with Gasteiger partial charge in [-0.3, -0.25) is 4.90 Å². The van der Waals surface area contributed by atoms with Crippen LogP contribution in [0.2, 0.25) is 0 Å². The van der Waals surface area contributed by atoms with Gasteiger partial charge in [-0.05, 0) is 31.6 Å². The van der Waals surface area contributed by atoms with E-state index in [1.807, 2.05) is 7.11 Å². The van der Waals surface area contributed by atoms with Crippen molar-refractivity contribution in [3.8, 4) is 0 Å². The molecule has 90 valence electrons. The van der Waals surface area contributed by atoms with Gasteiger partial charge in [-0.1, -0.05) is 6.92 Å². The molecule has 0 amide bonds. The molecule has 0 aromatic heterocycles. The van der Waals surface area contributed by atoms with Gasteiger partial charge in [0.1, 0.15) is 0 Å². The van der Waals surface area contributed by atoms with Gasteiger partial charge in [0.05, 0.1) is 6.61 Å². The summed E-state index contributed by atoms with van der Waals surface area (Å²) < 4.78 is 5.41. The van der Waals surface area contributed by atoms with Gasteiger partial charge >= 0.3 is 0 Å². The fourth-order valence-electron chi connectivity index (χ4n) is 3.08. The third-order valence-corrected chi connectivity index (χ3v) is 4.71. The van der Waals surface area contributed by atoms with Gasteiger partial charge in [-0.2, -0.15) is 11.8 Å². The molecule has 2 aliphatic rings. The number of hydrogen-bond donors (Lipinski definition) is 0. The summed E-state index contributed by atoms with van der Waals surface area (Å²) >= 11 is 2.12. The SMILES string of the molecule is CCS[C@@H]1CN2CCC[C@@]2(COC)C1.O. The van der Waals surface area contributed by atoms with Crippen molar-refractivity contribution in [2.45, 2.75) is 37.0 Å². The predicted molar refractivity (Wildman–Crippen MR) is 65.6 cm³/mol. The predicted octanol–water partition coefficient (Wildman–Crippen LogP) is 1.17. The molecular formula is C11H23NO2S. The molecule has 2 fully saturated rings. The molecule has 15 heavy (non-hydrogen) atoms. The van der Waals surface area contributed by atoms with Crippen LogP contribution in [0.3, 0.4) is 0 Å². The number of ether oxygens (including phenoxy) is 1. The number of rotatable bonds is 4. The molecule has 0 aliphatic carbocycles. The molecule has 0 bridgehead atoms. The van der Waals surface area contributed by atoms with E-state index < -0.39 is 0 Å². The first-order chi connectivity index (χ1) is 6.80. The van der Waals surface area contributed by atoms with Gasteiger partial charge in [0.15, 0.2) is 0 Å². The summed E-state index contributed by atoms with van der Waals surface area (Å²) in [7, 11) is 1.84. The van der Waals surface area contributed by atoms with Crippen LogP contribution in [0.1, 0.15) is 26.2 Å². The molecular weight excluding hydrogens is 210 g/mol. The molecule has 2 rings (SSSR count). The summed E-state index contributed by atoms with van der Waals surface area (Å²) in [5, 5.41) is 0.857. The number of hydrogen-bond acceptors (Lipinski definition) is 3. The zero-order valence-corrected chi connectivity index (χ0v) is 10.6. The quantitative estimate of drug-likeness (QED) is 0.732. The van der Waals surface area contributed by atoms with E-state index in [0.717, 1.165) is 11.9 Å². The Hall–Kier alpha value is 0.230. The highest BCUT2D eigenvalue weighted by Crippen LogP contribution is 2.42. The van der Waals surface area contributed by atoms with Crippen molar-refractivity contribution in [3.05, 3.63) is 0 Å². The normalized spacial score (nSPS) is 35.2. The number of methoxy groups -OCH3 is 1. The summed E-state index contributed by atoms with van der Waals surface area (Å²) in [6, 6.07) is 0. The molecule has 2 N–H and O–H groups in total. The lowest BCUT2D eigenvalue weighted by Gasteiger charge is -2.30. The molecule has 0 saturated carbocycles. The molecule has 0 radical (unpaired) electrons. The Morgan fingerprint density at radius 2 is 2.33 bits per heavy atom. The van der Waals surface area contributed by atoms with Crippen molar-refractivity contribution in [2.75, 3.05) is 32.6 Å². The van der Waals surface area contributed by atoms with Gasteiger partial charge in [0.25, 0.3) is 0 Å². The monoisotopic (exact) mass is 233 g/mol. The average Bonchev–Trinajstić information content (AvgIpc) is 2.61. The van der Waals surface area contributed by atoms with E-state index in [1.54, 1.807) is 0 Å². The van der Waals surface area contributed by atoms with E-state index in [0.29, 0.717) is 5.54 Å². The van der Waals surface area contributed by atoms with E-state index in [9.17, 15) is 0 Å². The second-order valence-corrected chi connectivity index (χ2v) is 6.07. The summed E-state index contributed by atoms with van der Waals surface area (Å²) in [5.74, 6) is 1.25. The molecule has 2 atom stereocenters. The van der Waals surface area contributed by atoms with Gasteiger partial charge in [0, 0.05) is 24.4 Å². The highest BCUT2D eigenvalue weighted by molar-refractivity contribution is 7.99. The lowest BCUT2D eigenvalue weighted by molar-refractivity contribution is 0.0655. The van der Waals surface area contributed by atoms with Crippen LogP contribution in [0.25, 0.3) is 0 Å². The Morgan fingerprint density at radius 3 is 3.00 bits per heavy atom. The maximum Gasteiger partial charge on any atom is 0.0647 e. The Bertz CT molecular complexity index is 203. The minimum Gasteiger partial charge on any atom is -0.412 e. The number of fused-ring (bicyclic) bond motifs is 1. The first-order valence-electron chi connectivity index (χ1n) is 5.66. The summed E-state index contributed by atoms with van der Waals surface area (Å²) in [6.07, 6.45) is 4.06. The Balaban J connectivity index is 0.00000112. The molecule has 4 heteroatoms. The molecule has 0 spiro atoms. The van der Waals surface area contributed by atoms with E-state index >= 15 is 0 Å². The Labute approximate surface area is 96.9 Å². The van der Waals surface area contributed by atoms with Crippen LogP contribution in [-0.2, 0) is 4.74 Å². The van der Waals surface area contributed by atoms with Crippen LogP contribution in [0.15, 0.2) is 0 Å². The number of thioether (sulfide) groups is 1. The molecule has 3 nitrogen and oxygen atoms in total. The second-order valence-electron chi connectivity index (χ2n) is 4.49. The van der Waals surface area contributed by atoms with Crippen LogP contribution >= 0.6 is 11.8 Å².